The van der Waals surface area contributed by atoms with Crippen molar-refractivity contribution >= 4 is 34.7 Å². The molecule has 0 radical (unpaired) electrons. The maximum atomic E-state index is 12.2. The summed E-state index contributed by atoms with van der Waals surface area (Å²) in [6.45, 7) is 1.79. The molecule has 2 aromatic heterocycles. The van der Waals surface area contributed by atoms with Crippen LogP contribution in [-0.2, 0) is 0 Å². The summed E-state index contributed by atoms with van der Waals surface area (Å²) in [5.74, 6) is 0.843. The lowest BCUT2D eigenvalue weighted by Crippen LogP contribution is -2.11. The molecule has 0 saturated carbocycles. The van der Waals surface area contributed by atoms with Gasteiger partial charge in [-0.3, -0.25) is 9.89 Å². The molecule has 0 aliphatic rings. The number of carbonyl (C=O) groups excluding carboxylic acids is 1. The number of ether oxygens (including phenoxy) is 1. The summed E-state index contributed by atoms with van der Waals surface area (Å²) in [7, 11) is 1.58. The molecule has 0 spiro atoms. The lowest BCUT2D eigenvalue weighted by atomic mass is 10.1. The van der Waals surface area contributed by atoms with Gasteiger partial charge in [0, 0.05) is 16.7 Å². The van der Waals surface area contributed by atoms with Crippen molar-refractivity contribution in [2.24, 2.45) is 0 Å². The second kappa shape index (κ2) is 6.39. The number of thiazole rings is 1. The van der Waals surface area contributed by atoms with E-state index in [0.29, 0.717) is 32.9 Å². The van der Waals surface area contributed by atoms with E-state index < -0.39 is 0 Å². The van der Waals surface area contributed by atoms with Crippen molar-refractivity contribution in [3.8, 4) is 17.0 Å². The smallest absolute Gasteiger partial charge is 0.268 e. The van der Waals surface area contributed by atoms with Gasteiger partial charge in [-0.15, -0.1) is 11.3 Å². The fourth-order valence-electron chi connectivity index (χ4n) is 2.11. The Morgan fingerprint density at radius 2 is 2.22 bits per heavy atom. The maximum absolute atomic E-state index is 12.2. The molecular weight excluding hydrogens is 336 g/mol. The molecule has 0 fully saturated rings. The van der Waals surface area contributed by atoms with Crippen LogP contribution in [0.2, 0.25) is 5.02 Å². The number of rotatable bonds is 4. The highest BCUT2D eigenvalue weighted by Crippen LogP contribution is 2.32. The van der Waals surface area contributed by atoms with Crippen LogP contribution in [-0.4, -0.2) is 28.2 Å². The number of anilines is 1. The van der Waals surface area contributed by atoms with Gasteiger partial charge in [-0.2, -0.15) is 5.10 Å². The predicted octanol–water partition coefficient (Wildman–Crippen LogP) is 3.76. The molecule has 8 heteroatoms. The van der Waals surface area contributed by atoms with E-state index in [9.17, 15) is 4.79 Å². The van der Waals surface area contributed by atoms with Crippen molar-refractivity contribution in [2.75, 3.05) is 12.4 Å². The van der Waals surface area contributed by atoms with Gasteiger partial charge in [0.1, 0.15) is 10.6 Å². The van der Waals surface area contributed by atoms with Crippen LogP contribution in [0.4, 0.5) is 5.82 Å². The number of nitrogens with one attached hydrogen (secondary N) is 2. The van der Waals surface area contributed by atoms with E-state index in [1.165, 1.54) is 11.3 Å². The van der Waals surface area contributed by atoms with Crippen LogP contribution in [0.1, 0.15) is 15.4 Å². The van der Waals surface area contributed by atoms with Crippen molar-refractivity contribution in [3.05, 3.63) is 45.4 Å². The molecule has 0 aliphatic heterocycles. The Labute approximate surface area is 141 Å². The number of nitrogens with zero attached hydrogens (tertiary/aromatic N) is 2. The van der Waals surface area contributed by atoms with Gasteiger partial charge in [0.05, 0.1) is 24.0 Å². The molecule has 0 aliphatic carbocycles. The third kappa shape index (κ3) is 3.20. The molecule has 23 heavy (non-hydrogen) atoms. The summed E-state index contributed by atoms with van der Waals surface area (Å²) in [6, 6.07) is 7.02. The fourth-order valence-corrected chi connectivity index (χ4v) is 2.98. The summed E-state index contributed by atoms with van der Waals surface area (Å²) in [6.07, 6.45) is 0. The first kappa shape index (κ1) is 15.5. The zero-order valence-electron chi connectivity index (χ0n) is 12.4. The van der Waals surface area contributed by atoms with Gasteiger partial charge in [-0.05, 0) is 25.1 Å². The Bertz CT molecular complexity index is 859. The van der Waals surface area contributed by atoms with Crippen LogP contribution in [0.25, 0.3) is 11.3 Å². The van der Waals surface area contributed by atoms with E-state index in [1.54, 1.807) is 43.8 Å². The monoisotopic (exact) mass is 348 g/mol. The lowest BCUT2D eigenvalue weighted by Gasteiger charge is -2.06. The molecule has 0 saturated heterocycles. The van der Waals surface area contributed by atoms with E-state index in [-0.39, 0.29) is 5.91 Å². The Balaban J connectivity index is 1.85. The number of amides is 1. The number of aromatic amines is 1. The highest BCUT2D eigenvalue weighted by molar-refractivity contribution is 7.12. The number of carbonyl (C=O) groups is 1. The summed E-state index contributed by atoms with van der Waals surface area (Å²) in [4.78, 5) is 16.8. The van der Waals surface area contributed by atoms with Gasteiger partial charge in [-0.25, -0.2) is 4.98 Å². The highest BCUT2D eigenvalue weighted by atomic mass is 35.5. The second-order valence-corrected chi connectivity index (χ2v) is 6.02. The van der Waals surface area contributed by atoms with Crippen LogP contribution in [0.15, 0.2) is 29.8 Å². The Hall–Kier alpha value is -2.38. The molecule has 6 nitrogen and oxygen atoms in total. The number of aryl methyl sites for hydroxylation is 1. The van der Waals surface area contributed by atoms with Crippen LogP contribution in [0.3, 0.4) is 0 Å². The molecule has 0 bridgehead atoms. The van der Waals surface area contributed by atoms with Crippen molar-refractivity contribution in [2.45, 2.75) is 6.92 Å². The summed E-state index contributed by atoms with van der Waals surface area (Å²) in [5.41, 5.74) is 3.79. The van der Waals surface area contributed by atoms with E-state index in [4.69, 9.17) is 16.3 Å². The molecule has 3 aromatic rings. The van der Waals surface area contributed by atoms with Crippen LogP contribution in [0, 0.1) is 6.92 Å². The molecule has 0 atom stereocenters. The molecule has 3 rings (SSSR count). The van der Waals surface area contributed by atoms with Crippen molar-refractivity contribution in [3.63, 3.8) is 0 Å². The summed E-state index contributed by atoms with van der Waals surface area (Å²) < 4.78 is 5.32. The van der Waals surface area contributed by atoms with Gasteiger partial charge in [0.25, 0.3) is 5.91 Å². The molecule has 2 N–H and O–H groups in total. The third-order valence-electron chi connectivity index (χ3n) is 3.22. The Kier molecular flexibility index (Phi) is 4.31. The molecular formula is C15H13ClN4O2S. The topological polar surface area (TPSA) is 79.9 Å². The van der Waals surface area contributed by atoms with Crippen molar-refractivity contribution in [1.82, 2.24) is 15.2 Å². The lowest BCUT2D eigenvalue weighted by molar-refractivity contribution is 0.102. The normalized spacial score (nSPS) is 10.6. The number of aromatic nitrogens is 3. The zero-order chi connectivity index (χ0) is 16.4. The minimum Gasteiger partial charge on any atom is -0.496 e. The SMILES string of the molecule is COc1ccc(Cl)cc1-c1cc(NC(=O)c2scnc2C)n[nH]1. The van der Waals surface area contributed by atoms with Crippen LogP contribution in [0.5, 0.6) is 5.75 Å². The molecule has 1 aromatic carbocycles. The number of H-pyrrole nitrogens is 1. The second-order valence-electron chi connectivity index (χ2n) is 4.73. The van der Waals surface area contributed by atoms with Crippen molar-refractivity contribution in [1.29, 1.82) is 0 Å². The third-order valence-corrected chi connectivity index (χ3v) is 4.39. The quantitative estimate of drug-likeness (QED) is 0.752. The average Bonchev–Trinajstić information content (AvgIpc) is 3.16. The number of methoxy groups -OCH3 is 1. The zero-order valence-corrected chi connectivity index (χ0v) is 14.0. The first-order chi connectivity index (χ1) is 11.1. The molecule has 118 valence electrons. The first-order valence-electron chi connectivity index (χ1n) is 6.69. The first-order valence-corrected chi connectivity index (χ1v) is 7.95. The Morgan fingerprint density at radius 1 is 1.39 bits per heavy atom. The predicted molar refractivity (Wildman–Crippen MR) is 90.4 cm³/mol. The maximum Gasteiger partial charge on any atom is 0.268 e. The minimum absolute atomic E-state index is 0.235. The molecule has 1 amide bonds. The number of halogens is 1. The van der Waals surface area contributed by atoms with Crippen LogP contribution >= 0.6 is 22.9 Å². The summed E-state index contributed by atoms with van der Waals surface area (Å²) >= 11 is 7.32. The van der Waals surface area contributed by atoms with E-state index >= 15 is 0 Å². The van der Waals surface area contributed by atoms with E-state index in [1.807, 2.05) is 0 Å². The van der Waals surface area contributed by atoms with E-state index in [0.717, 1.165) is 5.56 Å². The molecule has 0 unspecified atom stereocenters. The molecule has 2 heterocycles. The number of hydrogen-bond acceptors (Lipinski definition) is 5. The van der Waals surface area contributed by atoms with Crippen molar-refractivity contribution < 1.29 is 9.53 Å². The largest absolute Gasteiger partial charge is 0.496 e. The van der Waals surface area contributed by atoms with Crippen LogP contribution < -0.4 is 10.1 Å². The number of hydrogen-bond donors (Lipinski definition) is 2. The minimum atomic E-state index is -0.235. The highest BCUT2D eigenvalue weighted by Gasteiger charge is 2.15. The Morgan fingerprint density at radius 3 is 2.91 bits per heavy atom. The van der Waals surface area contributed by atoms with E-state index in [2.05, 4.69) is 20.5 Å². The standard InChI is InChI=1S/C15H13ClN4O2S/c1-8-14(23-7-17-8)15(21)18-13-6-11(19-20-13)10-5-9(16)3-4-12(10)22-2/h3-7H,1-2H3,(H2,18,19,20,21). The van der Waals surface area contributed by atoms with Gasteiger partial charge >= 0.3 is 0 Å². The van der Waals surface area contributed by atoms with Gasteiger partial charge in [0.2, 0.25) is 0 Å². The average molecular weight is 349 g/mol. The summed E-state index contributed by atoms with van der Waals surface area (Å²) in [5, 5.41) is 10.3. The van der Waals surface area contributed by atoms with Gasteiger partial charge in [-0.1, -0.05) is 11.6 Å². The fraction of sp³-hybridized carbons (Fsp3) is 0.133. The van der Waals surface area contributed by atoms with Gasteiger partial charge in [0.15, 0.2) is 5.82 Å². The number of benzene rings is 1. The van der Waals surface area contributed by atoms with Gasteiger partial charge < -0.3 is 10.1 Å².